The highest BCUT2D eigenvalue weighted by Gasteiger charge is 2.43. The Morgan fingerprint density at radius 1 is 1.18 bits per heavy atom. The normalized spacial score (nSPS) is 28.6. The average Bonchev–Trinajstić information content (AvgIpc) is 3.10. The minimum Gasteiger partial charge on any atom is -0.467 e. The number of esters is 2. The van der Waals surface area contributed by atoms with Gasteiger partial charge in [0.15, 0.2) is 12.6 Å². The number of hydrogen-bond acceptors (Lipinski definition) is 9. The van der Waals surface area contributed by atoms with Crippen LogP contribution in [0.25, 0.3) is 6.08 Å². The predicted molar refractivity (Wildman–Crippen MR) is 122 cm³/mol. The van der Waals surface area contributed by atoms with Crippen molar-refractivity contribution in [2.24, 2.45) is 0 Å². The number of carbonyl (C=O) groups is 2. The lowest BCUT2D eigenvalue weighted by molar-refractivity contribution is -0.152. The van der Waals surface area contributed by atoms with Crippen LogP contribution in [0.3, 0.4) is 0 Å². The van der Waals surface area contributed by atoms with Crippen molar-refractivity contribution < 1.29 is 43.1 Å². The summed E-state index contributed by atoms with van der Waals surface area (Å²) >= 11 is 0. The third-order valence-electron chi connectivity index (χ3n) is 5.47. The van der Waals surface area contributed by atoms with E-state index in [1.54, 1.807) is 45.1 Å². The molecule has 1 fully saturated rings. The third kappa shape index (κ3) is 6.04. The Balaban J connectivity index is 2.11. The van der Waals surface area contributed by atoms with Gasteiger partial charge in [0.1, 0.15) is 29.6 Å². The van der Waals surface area contributed by atoms with Gasteiger partial charge < -0.3 is 33.5 Å². The van der Waals surface area contributed by atoms with Crippen molar-refractivity contribution in [1.82, 2.24) is 0 Å². The fourth-order valence-electron chi connectivity index (χ4n) is 3.98. The number of aliphatic hydroxyl groups excluding tert-OH is 1. The van der Waals surface area contributed by atoms with E-state index in [2.05, 4.69) is 0 Å². The molecule has 9 heteroatoms. The van der Waals surface area contributed by atoms with Crippen LogP contribution in [-0.2, 0) is 23.7 Å². The number of cyclic esters (lactones) is 1. The highest BCUT2D eigenvalue weighted by molar-refractivity contribution is 6.03. The van der Waals surface area contributed by atoms with Crippen LogP contribution < -0.4 is 4.74 Å². The van der Waals surface area contributed by atoms with Crippen LogP contribution >= 0.6 is 0 Å². The van der Waals surface area contributed by atoms with Crippen molar-refractivity contribution in [3.63, 3.8) is 0 Å². The standard InChI is InChI=1S/C25H32O9/c1-15-8-6-10-18(26)22-20(33-25(2,3)34-22)11-7-9-16-17(23(27)30-5)12-13-19(31-14-29-4)21(16)24(28)32-15/h6-7,9-10,12-13,15,18,20,22,26H,8,11,14H2,1-5H3/b9-7+,10-6-/t15-,18?,20-,22+/m0/s1. The van der Waals surface area contributed by atoms with Crippen LogP contribution in [0.15, 0.2) is 30.4 Å². The van der Waals surface area contributed by atoms with Crippen molar-refractivity contribution in [2.75, 3.05) is 21.0 Å². The van der Waals surface area contributed by atoms with E-state index in [1.165, 1.54) is 26.4 Å². The summed E-state index contributed by atoms with van der Waals surface area (Å²) in [5.74, 6) is -1.92. The van der Waals surface area contributed by atoms with Gasteiger partial charge in [0.25, 0.3) is 0 Å². The molecule has 0 bridgehead atoms. The summed E-state index contributed by atoms with van der Waals surface area (Å²) in [7, 11) is 2.73. The molecule has 0 aliphatic carbocycles. The van der Waals surface area contributed by atoms with Gasteiger partial charge in [-0.15, -0.1) is 0 Å². The van der Waals surface area contributed by atoms with E-state index in [0.717, 1.165) is 0 Å². The quantitative estimate of drug-likeness (QED) is 0.398. The maximum atomic E-state index is 13.2. The zero-order chi connectivity index (χ0) is 24.9. The maximum absolute atomic E-state index is 13.2. The number of fused-ring (bicyclic) bond motifs is 2. The van der Waals surface area contributed by atoms with Gasteiger partial charge in [0.2, 0.25) is 0 Å². The second-order valence-electron chi connectivity index (χ2n) is 8.59. The van der Waals surface area contributed by atoms with E-state index in [9.17, 15) is 14.7 Å². The van der Waals surface area contributed by atoms with E-state index in [4.69, 9.17) is 28.4 Å². The van der Waals surface area contributed by atoms with Crippen LogP contribution in [-0.4, -0.2) is 68.3 Å². The molecular weight excluding hydrogens is 444 g/mol. The molecule has 0 spiro atoms. The summed E-state index contributed by atoms with van der Waals surface area (Å²) in [5.41, 5.74) is 0.556. The molecule has 2 aliphatic heterocycles. The number of benzene rings is 1. The molecule has 0 amide bonds. The van der Waals surface area contributed by atoms with Gasteiger partial charge in [-0.05, 0) is 39.3 Å². The van der Waals surface area contributed by atoms with Gasteiger partial charge in [-0.3, -0.25) is 0 Å². The van der Waals surface area contributed by atoms with Gasteiger partial charge in [-0.25, -0.2) is 9.59 Å². The van der Waals surface area contributed by atoms with Crippen molar-refractivity contribution in [1.29, 1.82) is 0 Å². The molecule has 0 aromatic heterocycles. The highest BCUT2D eigenvalue weighted by Crippen LogP contribution is 2.34. The van der Waals surface area contributed by atoms with Gasteiger partial charge in [-0.2, -0.15) is 0 Å². The zero-order valence-electron chi connectivity index (χ0n) is 20.1. The van der Waals surface area contributed by atoms with E-state index in [1.807, 2.05) is 0 Å². The molecule has 2 heterocycles. The molecule has 1 saturated heterocycles. The molecule has 186 valence electrons. The van der Waals surface area contributed by atoms with Crippen LogP contribution in [0.2, 0.25) is 0 Å². The lowest BCUT2D eigenvalue weighted by Gasteiger charge is -2.21. The third-order valence-corrected chi connectivity index (χ3v) is 5.47. The van der Waals surface area contributed by atoms with Crippen LogP contribution in [0.5, 0.6) is 5.75 Å². The molecular formula is C25H32O9. The smallest absolute Gasteiger partial charge is 0.342 e. The fourth-order valence-corrected chi connectivity index (χ4v) is 3.98. The Morgan fingerprint density at radius 2 is 1.94 bits per heavy atom. The lowest BCUT2D eigenvalue weighted by atomic mass is 9.97. The first-order valence-corrected chi connectivity index (χ1v) is 11.1. The van der Waals surface area contributed by atoms with E-state index in [0.29, 0.717) is 18.4 Å². The van der Waals surface area contributed by atoms with Crippen molar-refractivity contribution >= 4 is 18.0 Å². The SMILES string of the molecule is COCOc1ccc(C(=O)OC)c2c1C(=O)O[C@@H](C)C/C=C\C(O)[C@H]1OC(C)(C)O[C@H]1C/C=C/2. The molecule has 3 rings (SSSR count). The largest absolute Gasteiger partial charge is 0.467 e. The molecule has 1 unspecified atom stereocenters. The lowest BCUT2D eigenvalue weighted by Crippen LogP contribution is -2.34. The molecule has 34 heavy (non-hydrogen) atoms. The summed E-state index contributed by atoms with van der Waals surface area (Å²) in [6.07, 6.45) is 5.01. The Hall–Kier alpha value is -2.72. The molecule has 2 aliphatic rings. The molecule has 1 N–H and O–H groups in total. The number of aliphatic hydroxyl groups is 1. The highest BCUT2D eigenvalue weighted by atomic mass is 16.8. The summed E-state index contributed by atoms with van der Waals surface area (Å²) in [6.45, 7) is 5.21. The number of carbonyl (C=O) groups excluding carboxylic acids is 2. The first kappa shape index (κ1) is 25.9. The minimum absolute atomic E-state index is 0.0876. The summed E-state index contributed by atoms with van der Waals surface area (Å²) in [4.78, 5) is 25.7. The first-order chi connectivity index (χ1) is 16.2. The minimum atomic E-state index is -0.905. The molecule has 4 atom stereocenters. The van der Waals surface area contributed by atoms with Gasteiger partial charge >= 0.3 is 11.9 Å². The average molecular weight is 477 g/mol. The number of ether oxygens (including phenoxy) is 6. The predicted octanol–water partition coefficient (Wildman–Crippen LogP) is 3.25. The maximum Gasteiger partial charge on any atom is 0.342 e. The molecule has 0 radical (unpaired) electrons. The Kier molecular flexibility index (Phi) is 8.48. The zero-order valence-corrected chi connectivity index (χ0v) is 20.1. The number of rotatable bonds is 4. The molecule has 1 aromatic rings. The summed E-state index contributed by atoms with van der Waals surface area (Å²) in [5, 5.41) is 10.7. The summed E-state index contributed by atoms with van der Waals surface area (Å²) in [6, 6.07) is 3.03. The van der Waals surface area contributed by atoms with Gasteiger partial charge in [0.05, 0.1) is 18.8 Å². The van der Waals surface area contributed by atoms with Gasteiger partial charge in [-0.1, -0.05) is 24.3 Å². The Morgan fingerprint density at radius 3 is 2.65 bits per heavy atom. The molecule has 1 aromatic carbocycles. The van der Waals surface area contributed by atoms with E-state index < -0.39 is 42.1 Å². The molecule has 0 saturated carbocycles. The van der Waals surface area contributed by atoms with Crippen LogP contribution in [0.4, 0.5) is 0 Å². The van der Waals surface area contributed by atoms with Crippen molar-refractivity contribution in [3.05, 3.63) is 47.1 Å². The van der Waals surface area contributed by atoms with E-state index >= 15 is 0 Å². The van der Waals surface area contributed by atoms with Crippen molar-refractivity contribution in [2.45, 2.75) is 63.8 Å². The number of hydrogen-bond donors (Lipinski definition) is 1. The molecule has 9 nitrogen and oxygen atoms in total. The number of methoxy groups -OCH3 is 2. The Bertz CT molecular complexity index is 950. The second-order valence-corrected chi connectivity index (χ2v) is 8.59. The van der Waals surface area contributed by atoms with Crippen LogP contribution in [0.1, 0.15) is 59.9 Å². The first-order valence-electron chi connectivity index (χ1n) is 11.1. The van der Waals surface area contributed by atoms with E-state index in [-0.39, 0.29) is 23.7 Å². The fraction of sp³-hybridized carbons (Fsp3) is 0.520. The van der Waals surface area contributed by atoms with Crippen LogP contribution in [0, 0.1) is 0 Å². The summed E-state index contributed by atoms with van der Waals surface area (Å²) < 4.78 is 33.1. The van der Waals surface area contributed by atoms with Crippen molar-refractivity contribution in [3.8, 4) is 5.75 Å². The monoisotopic (exact) mass is 476 g/mol. The Labute approximate surface area is 199 Å². The van der Waals surface area contributed by atoms with Gasteiger partial charge in [0, 0.05) is 19.1 Å². The second kappa shape index (κ2) is 11.1. The topological polar surface area (TPSA) is 110 Å².